The number of hydrogen-bond donors (Lipinski definition) is 0. The molecule has 0 aliphatic carbocycles. The van der Waals surface area contributed by atoms with Crippen LogP contribution in [0.25, 0.3) is 0 Å². The highest BCUT2D eigenvalue weighted by molar-refractivity contribution is 5.96. The fraction of sp³-hybridized carbons (Fsp3) is 0.462. The van der Waals surface area contributed by atoms with E-state index in [1.165, 1.54) is 12.1 Å². The Morgan fingerprint density at radius 3 is 2.39 bits per heavy atom. The summed E-state index contributed by atoms with van der Waals surface area (Å²) in [4.78, 5) is 12.1. The van der Waals surface area contributed by atoms with Gasteiger partial charge < -0.3 is 26.2 Å². The number of halogens is 2. The third-order valence-corrected chi connectivity index (χ3v) is 3.24. The molecular weight excluding hydrogens is 301 g/mol. The van der Waals surface area contributed by atoms with Crippen LogP contribution in [-0.2, 0) is 4.74 Å². The molecule has 1 aliphatic heterocycles. The van der Waals surface area contributed by atoms with Gasteiger partial charge in [-0.1, -0.05) is 0 Å². The molecule has 0 aromatic heterocycles. The first kappa shape index (κ1) is 15.3. The van der Waals surface area contributed by atoms with Crippen molar-refractivity contribution in [3.05, 3.63) is 35.6 Å². The minimum Gasteiger partial charge on any atom is -1.00 e. The van der Waals surface area contributed by atoms with Gasteiger partial charge in [0.15, 0.2) is 0 Å². The molecule has 18 heavy (non-hydrogen) atoms. The normalized spacial score (nSPS) is 17.9. The minimum absolute atomic E-state index is 0. The summed E-state index contributed by atoms with van der Waals surface area (Å²) in [6.45, 7) is 3.56. The minimum atomic E-state index is -0.312. The molecule has 0 radical (unpaired) electrons. The summed E-state index contributed by atoms with van der Waals surface area (Å²) < 4.78 is 18.7. The lowest BCUT2D eigenvalue weighted by Gasteiger charge is -2.36. The highest BCUT2D eigenvalue weighted by atomic mass is 79.9. The van der Waals surface area contributed by atoms with Gasteiger partial charge >= 0.3 is 0 Å². The van der Waals surface area contributed by atoms with E-state index in [1.54, 1.807) is 12.1 Å². The maximum Gasteiger partial charge on any atom is 0.216 e. The second-order valence-corrected chi connectivity index (χ2v) is 4.77. The fourth-order valence-corrected chi connectivity index (χ4v) is 2.02. The third kappa shape index (κ3) is 3.86. The standard InChI is InChI=1S/C13H17FNO2.BrH/c1-15(6-8-17-9-7-15)10-13(16)11-2-4-12(14)5-3-11;/h2-5H,6-10H2,1H3;1H/q+1;/p-1. The molecule has 1 aliphatic rings. The Hall–Kier alpha value is -0.780. The summed E-state index contributed by atoms with van der Waals surface area (Å²) in [7, 11) is 2.06. The van der Waals surface area contributed by atoms with E-state index in [9.17, 15) is 9.18 Å². The van der Waals surface area contributed by atoms with Crippen LogP contribution in [0.1, 0.15) is 10.4 Å². The smallest absolute Gasteiger partial charge is 0.216 e. The lowest BCUT2D eigenvalue weighted by atomic mass is 10.1. The number of nitrogens with zero attached hydrogens (tertiary/aromatic N) is 1. The van der Waals surface area contributed by atoms with Crippen LogP contribution in [0, 0.1) is 5.82 Å². The number of ketones is 1. The Balaban J connectivity index is 0.00000162. The number of quaternary nitrogens is 1. The molecule has 3 nitrogen and oxygen atoms in total. The molecule has 0 bridgehead atoms. The maximum atomic E-state index is 12.8. The van der Waals surface area contributed by atoms with Crippen molar-refractivity contribution in [1.29, 1.82) is 0 Å². The Labute approximate surface area is 117 Å². The van der Waals surface area contributed by atoms with Crippen molar-refractivity contribution in [3.63, 3.8) is 0 Å². The molecule has 1 aromatic rings. The number of likely N-dealkylation sites (N-methyl/N-ethyl adjacent to an activating group) is 1. The number of morpholine rings is 1. The first-order chi connectivity index (χ1) is 8.09. The van der Waals surface area contributed by atoms with Crippen LogP contribution in [0.3, 0.4) is 0 Å². The molecule has 0 unspecified atom stereocenters. The number of carbonyl (C=O) groups is 1. The van der Waals surface area contributed by atoms with Gasteiger partial charge in [0.25, 0.3) is 0 Å². The molecule has 1 heterocycles. The number of hydrogen-bond acceptors (Lipinski definition) is 2. The van der Waals surface area contributed by atoms with E-state index in [2.05, 4.69) is 7.05 Å². The number of benzene rings is 1. The Bertz CT molecular complexity index is 402. The molecular formula is C13H17BrFNO2. The van der Waals surface area contributed by atoms with E-state index >= 15 is 0 Å². The van der Waals surface area contributed by atoms with E-state index in [0.29, 0.717) is 29.8 Å². The van der Waals surface area contributed by atoms with Crippen molar-refractivity contribution < 1.29 is 35.4 Å². The molecule has 1 saturated heterocycles. The zero-order valence-electron chi connectivity index (χ0n) is 10.4. The van der Waals surface area contributed by atoms with Crippen LogP contribution in [0.2, 0.25) is 0 Å². The van der Waals surface area contributed by atoms with Crippen LogP contribution in [0.15, 0.2) is 24.3 Å². The van der Waals surface area contributed by atoms with Crippen molar-refractivity contribution in [1.82, 2.24) is 0 Å². The van der Waals surface area contributed by atoms with Gasteiger partial charge in [-0.15, -0.1) is 0 Å². The largest absolute Gasteiger partial charge is 1.00 e. The van der Waals surface area contributed by atoms with Crippen LogP contribution in [0.4, 0.5) is 4.39 Å². The zero-order valence-corrected chi connectivity index (χ0v) is 12.0. The van der Waals surface area contributed by atoms with Gasteiger partial charge in [0.1, 0.15) is 25.5 Å². The predicted molar refractivity (Wildman–Crippen MR) is 62.3 cm³/mol. The molecule has 0 saturated carbocycles. The second-order valence-electron chi connectivity index (χ2n) is 4.77. The summed E-state index contributed by atoms with van der Waals surface area (Å²) >= 11 is 0. The number of ether oxygens (including phenoxy) is 1. The molecule has 0 N–H and O–H groups in total. The number of Topliss-reactive ketones (excluding diaryl/α,β-unsaturated/α-hetero) is 1. The van der Waals surface area contributed by atoms with Gasteiger partial charge in [-0.25, -0.2) is 4.39 Å². The lowest BCUT2D eigenvalue weighted by Crippen LogP contribution is -3.00. The van der Waals surface area contributed by atoms with Gasteiger partial charge in [-0.2, -0.15) is 0 Å². The Kier molecular flexibility index (Phi) is 5.44. The average molecular weight is 318 g/mol. The van der Waals surface area contributed by atoms with E-state index in [-0.39, 0.29) is 28.6 Å². The van der Waals surface area contributed by atoms with Gasteiger partial charge in [-0.3, -0.25) is 4.79 Å². The molecule has 100 valence electrons. The number of carbonyl (C=O) groups excluding carboxylic acids is 1. The van der Waals surface area contributed by atoms with Gasteiger partial charge in [-0.05, 0) is 24.3 Å². The molecule has 1 fully saturated rings. The average Bonchev–Trinajstić information content (AvgIpc) is 2.30. The Morgan fingerprint density at radius 2 is 1.83 bits per heavy atom. The maximum absolute atomic E-state index is 12.8. The molecule has 0 atom stereocenters. The van der Waals surface area contributed by atoms with Crippen molar-refractivity contribution in [2.45, 2.75) is 0 Å². The molecule has 1 aromatic carbocycles. The highest BCUT2D eigenvalue weighted by Crippen LogP contribution is 2.11. The second kappa shape index (κ2) is 6.41. The van der Waals surface area contributed by atoms with Gasteiger partial charge in [0.2, 0.25) is 5.78 Å². The topological polar surface area (TPSA) is 26.3 Å². The third-order valence-electron chi connectivity index (χ3n) is 3.24. The molecule has 2 rings (SSSR count). The molecule has 0 spiro atoms. The highest BCUT2D eigenvalue weighted by Gasteiger charge is 2.28. The van der Waals surface area contributed by atoms with E-state index in [0.717, 1.165) is 13.1 Å². The summed E-state index contributed by atoms with van der Waals surface area (Å²) in [5.41, 5.74) is 0.581. The van der Waals surface area contributed by atoms with Crippen molar-refractivity contribution in [2.24, 2.45) is 0 Å². The monoisotopic (exact) mass is 317 g/mol. The summed E-state index contributed by atoms with van der Waals surface area (Å²) in [6, 6.07) is 5.74. The van der Waals surface area contributed by atoms with Gasteiger partial charge in [0.05, 0.1) is 20.3 Å². The Morgan fingerprint density at radius 1 is 1.28 bits per heavy atom. The van der Waals surface area contributed by atoms with Gasteiger partial charge in [0, 0.05) is 5.56 Å². The first-order valence-electron chi connectivity index (χ1n) is 5.79. The molecule has 5 heteroatoms. The van der Waals surface area contributed by atoms with Crippen molar-refractivity contribution in [2.75, 3.05) is 39.9 Å². The van der Waals surface area contributed by atoms with Crippen LogP contribution < -0.4 is 17.0 Å². The van der Waals surface area contributed by atoms with E-state index < -0.39 is 0 Å². The van der Waals surface area contributed by atoms with Crippen LogP contribution in [-0.4, -0.2) is 50.2 Å². The first-order valence-corrected chi connectivity index (χ1v) is 5.79. The van der Waals surface area contributed by atoms with Crippen molar-refractivity contribution in [3.8, 4) is 0 Å². The summed E-state index contributed by atoms with van der Waals surface area (Å²) in [5.74, 6) is -0.247. The van der Waals surface area contributed by atoms with E-state index in [4.69, 9.17) is 4.74 Å². The summed E-state index contributed by atoms with van der Waals surface area (Å²) in [6.07, 6.45) is 0. The van der Waals surface area contributed by atoms with Crippen LogP contribution >= 0.6 is 0 Å². The fourth-order valence-electron chi connectivity index (χ4n) is 2.02. The van der Waals surface area contributed by atoms with Crippen molar-refractivity contribution >= 4 is 5.78 Å². The summed E-state index contributed by atoms with van der Waals surface area (Å²) in [5, 5.41) is 0. The van der Waals surface area contributed by atoms with Crippen LogP contribution in [0.5, 0.6) is 0 Å². The van der Waals surface area contributed by atoms with E-state index in [1.807, 2.05) is 0 Å². The predicted octanol–water partition coefficient (Wildman–Crippen LogP) is -1.51. The number of rotatable bonds is 3. The molecule has 0 amide bonds. The lowest BCUT2D eigenvalue weighted by molar-refractivity contribution is -0.908. The zero-order chi connectivity index (χ0) is 12.3. The quantitative estimate of drug-likeness (QED) is 0.500. The SMILES string of the molecule is C[N+]1(CC(=O)c2ccc(F)cc2)CCOCC1.[Br-].